The number of methoxy groups -OCH3 is 1. The van der Waals surface area contributed by atoms with Crippen LogP contribution in [0.2, 0.25) is 0 Å². The lowest BCUT2D eigenvalue weighted by atomic mass is 9.93. The third-order valence-corrected chi connectivity index (χ3v) is 4.74. The smallest absolute Gasteiger partial charge is 0.341 e. The number of hydrogen-bond acceptors (Lipinski definition) is 6. The molecule has 1 aliphatic rings. The first-order valence-electron chi connectivity index (χ1n) is 6.37. The fraction of sp³-hybridized carbons (Fsp3) is 0.583. The minimum atomic E-state index is -3.76. The Hall–Kier alpha value is -1.38. The molecule has 1 heterocycles. The quantitative estimate of drug-likeness (QED) is 0.788. The summed E-state index contributed by atoms with van der Waals surface area (Å²) in [6.45, 7) is 0. The van der Waals surface area contributed by atoms with Crippen molar-refractivity contribution in [2.45, 2.75) is 42.9 Å². The van der Waals surface area contributed by atoms with E-state index in [1.165, 1.54) is 7.11 Å². The zero-order chi connectivity index (χ0) is 14.8. The summed E-state index contributed by atoms with van der Waals surface area (Å²) in [7, 11) is -2.55. The third kappa shape index (κ3) is 3.38. The van der Waals surface area contributed by atoms with Crippen molar-refractivity contribution in [3.63, 3.8) is 0 Å². The van der Waals surface area contributed by atoms with E-state index in [0.29, 0.717) is 12.8 Å². The minimum Gasteiger partial charge on any atom is -0.465 e. The van der Waals surface area contributed by atoms with Gasteiger partial charge in [-0.3, -0.25) is 0 Å². The van der Waals surface area contributed by atoms with Gasteiger partial charge in [-0.2, -0.15) is 0 Å². The number of carbonyl (C=O) groups excluding carboxylic acids is 1. The molecule has 0 saturated heterocycles. The van der Waals surface area contributed by atoms with Crippen molar-refractivity contribution in [1.29, 1.82) is 0 Å². The van der Waals surface area contributed by atoms with Crippen LogP contribution in [0.4, 0.5) is 0 Å². The van der Waals surface area contributed by atoms with Crippen molar-refractivity contribution in [1.82, 2.24) is 4.72 Å². The van der Waals surface area contributed by atoms with Crippen LogP contribution in [-0.2, 0) is 14.8 Å². The van der Waals surface area contributed by atoms with Crippen molar-refractivity contribution < 1.29 is 22.4 Å². The Morgan fingerprint density at radius 2 is 2.05 bits per heavy atom. The van der Waals surface area contributed by atoms with Crippen LogP contribution in [0.15, 0.2) is 21.8 Å². The second-order valence-electron chi connectivity index (χ2n) is 4.88. The van der Waals surface area contributed by atoms with E-state index in [1.54, 1.807) is 0 Å². The Morgan fingerprint density at radius 3 is 2.65 bits per heavy atom. The molecule has 0 unspecified atom stereocenters. The van der Waals surface area contributed by atoms with E-state index in [1.807, 2.05) is 0 Å². The van der Waals surface area contributed by atoms with Gasteiger partial charge in [-0.15, -0.1) is 0 Å². The molecule has 20 heavy (non-hydrogen) atoms. The predicted octanol–water partition coefficient (Wildman–Crippen LogP) is 0.614. The maximum Gasteiger partial charge on any atom is 0.341 e. The highest BCUT2D eigenvalue weighted by molar-refractivity contribution is 7.89. The van der Waals surface area contributed by atoms with Gasteiger partial charge in [-0.1, -0.05) is 0 Å². The van der Waals surface area contributed by atoms with Gasteiger partial charge in [0.25, 0.3) is 10.0 Å². The van der Waals surface area contributed by atoms with Crippen molar-refractivity contribution in [3.05, 3.63) is 17.9 Å². The predicted molar refractivity (Wildman–Crippen MR) is 70.6 cm³/mol. The summed E-state index contributed by atoms with van der Waals surface area (Å²) in [6, 6.07) is 1.15. The van der Waals surface area contributed by atoms with E-state index in [4.69, 9.17) is 10.2 Å². The van der Waals surface area contributed by atoms with Crippen LogP contribution in [0.5, 0.6) is 0 Å². The summed E-state index contributed by atoms with van der Waals surface area (Å²) < 4.78 is 36.2. The molecule has 1 aromatic rings. The first kappa shape index (κ1) is 15.0. The average Bonchev–Trinajstić information content (AvgIpc) is 2.91. The maximum absolute atomic E-state index is 12.1. The molecule has 0 bridgehead atoms. The topological polar surface area (TPSA) is 112 Å². The number of hydrogen-bond donors (Lipinski definition) is 2. The molecule has 1 aliphatic carbocycles. The number of nitrogens with one attached hydrogen (secondary N) is 1. The fourth-order valence-corrected chi connectivity index (χ4v) is 3.44. The van der Waals surface area contributed by atoms with Gasteiger partial charge in [0.1, 0.15) is 6.26 Å². The lowest BCUT2D eigenvalue weighted by Crippen LogP contribution is -2.40. The Labute approximate surface area is 117 Å². The highest BCUT2D eigenvalue weighted by Gasteiger charge is 2.27. The Bertz CT molecular complexity index is 572. The van der Waals surface area contributed by atoms with Crippen LogP contribution in [-0.4, -0.2) is 33.6 Å². The number of ether oxygens (including phenoxy) is 1. The van der Waals surface area contributed by atoms with Crippen LogP contribution in [0.3, 0.4) is 0 Å². The monoisotopic (exact) mass is 302 g/mol. The molecular weight excluding hydrogens is 284 g/mol. The SMILES string of the molecule is COC(=O)c1coc(S(=O)(=O)NC2CCC(N)CC2)c1. The molecule has 1 saturated carbocycles. The first-order chi connectivity index (χ1) is 9.42. The molecule has 8 heteroatoms. The number of esters is 1. The Morgan fingerprint density at radius 1 is 1.40 bits per heavy atom. The van der Waals surface area contributed by atoms with Crippen LogP contribution < -0.4 is 10.5 Å². The molecule has 0 aliphatic heterocycles. The van der Waals surface area contributed by atoms with Gasteiger partial charge in [-0.05, 0) is 25.7 Å². The second kappa shape index (κ2) is 5.94. The molecule has 3 N–H and O–H groups in total. The van der Waals surface area contributed by atoms with Crippen LogP contribution in [0, 0.1) is 0 Å². The fourth-order valence-electron chi connectivity index (χ4n) is 2.20. The van der Waals surface area contributed by atoms with E-state index < -0.39 is 16.0 Å². The third-order valence-electron chi connectivity index (χ3n) is 3.36. The summed E-state index contributed by atoms with van der Waals surface area (Å²) in [4.78, 5) is 11.3. The number of sulfonamides is 1. The van der Waals surface area contributed by atoms with E-state index in [9.17, 15) is 13.2 Å². The van der Waals surface area contributed by atoms with Crippen LogP contribution >= 0.6 is 0 Å². The maximum atomic E-state index is 12.1. The van der Waals surface area contributed by atoms with E-state index in [-0.39, 0.29) is 22.7 Å². The number of rotatable bonds is 4. The van der Waals surface area contributed by atoms with Gasteiger partial charge in [-0.25, -0.2) is 17.9 Å². The molecule has 0 radical (unpaired) electrons. The number of nitrogens with two attached hydrogens (primary N) is 1. The molecule has 0 amide bonds. The second-order valence-corrected chi connectivity index (χ2v) is 6.52. The van der Waals surface area contributed by atoms with Crippen molar-refractivity contribution in [2.24, 2.45) is 5.73 Å². The number of carbonyl (C=O) groups is 1. The average molecular weight is 302 g/mol. The van der Waals surface area contributed by atoms with Gasteiger partial charge < -0.3 is 14.9 Å². The zero-order valence-electron chi connectivity index (χ0n) is 11.2. The summed E-state index contributed by atoms with van der Waals surface area (Å²) in [5, 5.41) is -0.284. The largest absolute Gasteiger partial charge is 0.465 e. The number of furan rings is 1. The summed E-state index contributed by atoms with van der Waals surface area (Å²) in [6.07, 6.45) is 4.05. The molecule has 2 rings (SSSR count). The van der Waals surface area contributed by atoms with E-state index >= 15 is 0 Å². The van der Waals surface area contributed by atoms with Gasteiger partial charge in [0.2, 0.25) is 5.09 Å². The summed E-state index contributed by atoms with van der Waals surface area (Å²) in [5.74, 6) is -0.640. The molecule has 7 nitrogen and oxygen atoms in total. The van der Waals surface area contributed by atoms with Crippen molar-refractivity contribution in [3.8, 4) is 0 Å². The standard InChI is InChI=1S/C12H18N2O5S/c1-18-12(15)8-6-11(19-7-8)20(16,17)14-10-4-2-9(13)3-5-10/h6-7,9-10,14H,2-5,13H2,1H3. The van der Waals surface area contributed by atoms with Crippen LogP contribution in [0.25, 0.3) is 0 Å². The Kier molecular flexibility index (Phi) is 4.46. The molecule has 0 aromatic carbocycles. The highest BCUT2D eigenvalue weighted by atomic mass is 32.2. The van der Waals surface area contributed by atoms with E-state index in [0.717, 1.165) is 25.2 Å². The van der Waals surface area contributed by atoms with Gasteiger partial charge in [0.05, 0.1) is 12.7 Å². The molecule has 0 atom stereocenters. The lowest BCUT2D eigenvalue weighted by molar-refractivity contribution is 0.0600. The van der Waals surface area contributed by atoms with Crippen molar-refractivity contribution >= 4 is 16.0 Å². The first-order valence-corrected chi connectivity index (χ1v) is 7.85. The minimum absolute atomic E-state index is 0.0681. The molecule has 1 aromatic heterocycles. The van der Waals surface area contributed by atoms with Crippen molar-refractivity contribution in [2.75, 3.05) is 7.11 Å². The van der Waals surface area contributed by atoms with Crippen LogP contribution in [0.1, 0.15) is 36.0 Å². The molecule has 112 valence electrons. The Balaban J connectivity index is 2.06. The zero-order valence-corrected chi connectivity index (χ0v) is 12.0. The van der Waals surface area contributed by atoms with Gasteiger partial charge >= 0.3 is 5.97 Å². The molecular formula is C12H18N2O5S. The highest BCUT2D eigenvalue weighted by Crippen LogP contribution is 2.20. The van der Waals surface area contributed by atoms with E-state index in [2.05, 4.69) is 9.46 Å². The molecule has 0 spiro atoms. The summed E-state index contributed by atoms with van der Waals surface area (Å²) >= 11 is 0. The van der Waals surface area contributed by atoms with Gasteiger partial charge in [0.15, 0.2) is 0 Å². The van der Waals surface area contributed by atoms with Gasteiger partial charge in [0, 0.05) is 18.2 Å². The normalized spacial score (nSPS) is 23.5. The molecule has 1 fully saturated rings. The summed E-state index contributed by atoms with van der Waals surface area (Å²) in [5.41, 5.74) is 5.84. The lowest BCUT2D eigenvalue weighted by Gasteiger charge is -2.26.